The number of amides is 1. The lowest BCUT2D eigenvalue weighted by molar-refractivity contribution is 0.00460. The number of aromatic nitrogens is 2. The monoisotopic (exact) mass is 463 g/mol. The van der Waals surface area contributed by atoms with Gasteiger partial charge in [0.25, 0.3) is 5.56 Å². The molecule has 0 aliphatic carbocycles. The number of piperidine rings is 1. The molecule has 10 heteroatoms. The third kappa shape index (κ3) is 5.18. The SMILES string of the molecule is Cc1nc([C@H]([C@H]2CCCCN2C(=O)OC(C)(C)C)n2cc(C(=O)O)ccc2=O)sc1CO. The molecule has 3 heterocycles. The van der Waals surface area contributed by atoms with Gasteiger partial charge in [-0.1, -0.05) is 0 Å². The Morgan fingerprint density at radius 1 is 1.31 bits per heavy atom. The normalized spacial score (nSPS) is 17.8. The van der Waals surface area contributed by atoms with E-state index in [2.05, 4.69) is 4.98 Å². The van der Waals surface area contributed by atoms with Crippen LogP contribution in [0.1, 0.15) is 72.0 Å². The lowest BCUT2D eigenvalue weighted by Crippen LogP contribution is -2.51. The molecule has 0 bridgehead atoms. The van der Waals surface area contributed by atoms with Crippen LogP contribution in [-0.4, -0.2) is 54.9 Å². The summed E-state index contributed by atoms with van der Waals surface area (Å²) in [4.78, 5) is 44.4. The van der Waals surface area contributed by atoms with Gasteiger partial charge in [0.1, 0.15) is 16.7 Å². The molecule has 2 aromatic heterocycles. The zero-order valence-electron chi connectivity index (χ0n) is 18.7. The van der Waals surface area contributed by atoms with Crippen LogP contribution in [0, 0.1) is 6.92 Å². The summed E-state index contributed by atoms with van der Waals surface area (Å²) < 4.78 is 6.96. The summed E-state index contributed by atoms with van der Waals surface area (Å²) in [6.45, 7) is 7.41. The van der Waals surface area contributed by atoms with Crippen LogP contribution in [0.5, 0.6) is 0 Å². The van der Waals surface area contributed by atoms with Gasteiger partial charge in [-0.25, -0.2) is 14.6 Å². The summed E-state index contributed by atoms with van der Waals surface area (Å²) in [5.41, 5.74) is -0.478. The summed E-state index contributed by atoms with van der Waals surface area (Å²) in [6.07, 6.45) is 3.05. The van der Waals surface area contributed by atoms with E-state index < -0.39 is 35.3 Å². The number of rotatable bonds is 5. The van der Waals surface area contributed by atoms with Crippen molar-refractivity contribution in [3.63, 3.8) is 0 Å². The second kappa shape index (κ2) is 9.41. The van der Waals surface area contributed by atoms with Crippen molar-refractivity contribution in [3.8, 4) is 0 Å². The summed E-state index contributed by atoms with van der Waals surface area (Å²) in [5, 5.41) is 19.7. The van der Waals surface area contributed by atoms with E-state index in [4.69, 9.17) is 4.74 Å². The topological polar surface area (TPSA) is 122 Å². The maximum absolute atomic E-state index is 13.0. The highest BCUT2D eigenvalue weighted by Crippen LogP contribution is 2.35. The van der Waals surface area contributed by atoms with E-state index >= 15 is 0 Å². The third-order valence-electron chi connectivity index (χ3n) is 5.33. The number of nitrogens with zero attached hydrogens (tertiary/aromatic N) is 3. The van der Waals surface area contributed by atoms with Gasteiger partial charge in [-0.2, -0.15) is 0 Å². The highest BCUT2D eigenvalue weighted by Gasteiger charge is 2.39. The van der Waals surface area contributed by atoms with Gasteiger partial charge in [0.15, 0.2) is 0 Å². The van der Waals surface area contributed by atoms with Gasteiger partial charge < -0.3 is 24.4 Å². The minimum atomic E-state index is -1.16. The van der Waals surface area contributed by atoms with E-state index in [1.807, 2.05) is 0 Å². The van der Waals surface area contributed by atoms with Crippen molar-refractivity contribution in [2.24, 2.45) is 0 Å². The van der Waals surface area contributed by atoms with Gasteiger partial charge in [0, 0.05) is 18.8 Å². The zero-order chi connectivity index (χ0) is 23.6. The number of aromatic carboxylic acids is 1. The molecule has 2 N–H and O–H groups in total. The molecule has 1 aliphatic heterocycles. The van der Waals surface area contributed by atoms with E-state index in [0.717, 1.165) is 12.8 Å². The summed E-state index contributed by atoms with van der Waals surface area (Å²) >= 11 is 1.26. The van der Waals surface area contributed by atoms with Gasteiger partial charge in [-0.15, -0.1) is 11.3 Å². The number of carbonyl (C=O) groups excluding carboxylic acids is 1. The molecule has 1 amide bonds. The predicted molar refractivity (Wildman–Crippen MR) is 119 cm³/mol. The number of carboxylic acids is 1. The van der Waals surface area contributed by atoms with Crippen LogP contribution < -0.4 is 5.56 Å². The molecule has 9 nitrogen and oxygen atoms in total. The van der Waals surface area contributed by atoms with Gasteiger partial charge >= 0.3 is 12.1 Å². The standard InChI is InChI=1S/C22H29N3O6S/c1-13-16(12-26)32-19(23-13)18(25-11-14(20(28)29)8-9-17(25)27)15-7-5-6-10-24(15)21(30)31-22(2,3)4/h8-9,11,15,18,26H,5-7,10,12H2,1-4H3,(H,28,29)/t15-,18+/m1/s1. The molecular formula is C22H29N3O6S. The van der Waals surface area contributed by atoms with Crippen LogP contribution in [0.15, 0.2) is 23.1 Å². The summed E-state index contributed by atoms with van der Waals surface area (Å²) in [7, 11) is 0. The van der Waals surface area contributed by atoms with Crippen molar-refractivity contribution in [2.75, 3.05) is 6.54 Å². The Kier molecular flexibility index (Phi) is 7.04. The zero-order valence-corrected chi connectivity index (χ0v) is 19.5. The number of hydrogen-bond donors (Lipinski definition) is 2. The lowest BCUT2D eigenvalue weighted by atomic mass is 9.95. The molecule has 0 radical (unpaired) electrons. The maximum Gasteiger partial charge on any atom is 0.410 e. The van der Waals surface area contributed by atoms with Gasteiger partial charge in [-0.05, 0) is 53.0 Å². The number of likely N-dealkylation sites (tertiary alicyclic amines) is 1. The summed E-state index contributed by atoms with van der Waals surface area (Å²) in [5.74, 6) is -1.16. The molecule has 0 unspecified atom stereocenters. The van der Waals surface area contributed by atoms with Crippen molar-refractivity contribution in [1.82, 2.24) is 14.5 Å². The van der Waals surface area contributed by atoms with E-state index in [-0.39, 0.29) is 12.2 Å². The Morgan fingerprint density at radius 3 is 2.62 bits per heavy atom. The first-order chi connectivity index (χ1) is 15.0. The number of carbonyl (C=O) groups is 2. The molecule has 1 fully saturated rings. The molecule has 2 atom stereocenters. The fourth-order valence-corrected chi connectivity index (χ4v) is 4.96. The first-order valence-electron chi connectivity index (χ1n) is 10.5. The molecule has 2 aromatic rings. The quantitative estimate of drug-likeness (QED) is 0.698. The highest BCUT2D eigenvalue weighted by molar-refractivity contribution is 7.11. The molecule has 0 saturated carbocycles. The first-order valence-corrected chi connectivity index (χ1v) is 11.4. The fourth-order valence-electron chi connectivity index (χ4n) is 3.87. The number of aliphatic hydroxyl groups is 1. The number of thiazole rings is 1. The fraction of sp³-hybridized carbons (Fsp3) is 0.545. The van der Waals surface area contributed by atoms with E-state index in [9.17, 15) is 24.6 Å². The highest BCUT2D eigenvalue weighted by atomic mass is 32.1. The van der Waals surface area contributed by atoms with E-state index in [1.165, 1.54) is 34.2 Å². The molecule has 0 spiro atoms. The van der Waals surface area contributed by atoms with Crippen molar-refractivity contribution >= 4 is 23.4 Å². The van der Waals surface area contributed by atoms with Crippen molar-refractivity contribution < 1.29 is 24.5 Å². The Bertz CT molecular complexity index is 1050. The average molecular weight is 464 g/mol. The molecule has 0 aromatic carbocycles. The molecule has 3 rings (SSSR count). The van der Waals surface area contributed by atoms with Gasteiger partial charge in [-0.3, -0.25) is 4.79 Å². The van der Waals surface area contributed by atoms with E-state index in [1.54, 1.807) is 32.6 Å². The lowest BCUT2D eigenvalue weighted by Gasteiger charge is -2.40. The Labute approximate surface area is 190 Å². The van der Waals surface area contributed by atoms with Crippen LogP contribution in [0.25, 0.3) is 0 Å². The van der Waals surface area contributed by atoms with Crippen LogP contribution in [-0.2, 0) is 11.3 Å². The predicted octanol–water partition coefficient (Wildman–Crippen LogP) is 3.18. The van der Waals surface area contributed by atoms with Gasteiger partial charge in [0.2, 0.25) is 0 Å². The third-order valence-corrected chi connectivity index (χ3v) is 6.55. The molecular weight excluding hydrogens is 434 g/mol. The molecule has 1 saturated heterocycles. The minimum absolute atomic E-state index is 0.0371. The van der Waals surface area contributed by atoms with Crippen molar-refractivity contribution in [1.29, 1.82) is 0 Å². The Morgan fingerprint density at radius 2 is 2.03 bits per heavy atom. The number of hydrogen-bond acceptors (Lipinski definition) is 7. The molecule has 32 heavy (non-hydrogen) atoms. The minimum Gasteiger partial charge on any atom is -0.478 e. The number of pyridine rings is 1. The average Bonchev–Trinajstić information content (AvgIpc) is 3.08. The van der Waals surface area contributed by atoms with Crippen LogP contribution in [0.4, 0.5) is 4.79 Å². The number of ether oxygens (including phenoxy) is 1. The van der Waals surface area contributed by atoms with E-state index in [0.29, 0.717) is 28.5 Å². The Hall–Kier alpha value is -2.72. The summed E-state index contributed by atoms with van der Waals surface area (Å²) in [6, 6.07) is 1.30. The van der Waals surface area contributed by atoms with Crippen molar-refractivity contribution in [3.05, 3.63) is 49.8 Å². The second-order valence-electron chi connectivity index (χ2n) is 8.87. The van der Waals surface area contributed by atoms with Gasteiger partial charge in [0.05, 0.1) is 28.8 Å². The second-order valence-corrected chi connectivity index (χ2v) is 9.98. The Balaban J connectivity index is 2.15. The molecule has 174 valence electrons. The van der Waals surface area contributed by atoms with Crippen LogP contribution in [0.3, 0.4) is 0 Å². The first kappa shape index (κ1) is 23.9. The smallest absolute Gasteiger partial charge is 0.410 e. The van der Waals surface area contributed by atoms with Crippen molar-refractivity contribution in [2.45, 2.75) is 71.2 Å². The molecule has 1 aliphatic rings. The van der Waals surface area contributed by atoms with Crippen LogP contribution >= 0.6 is 11.3 Å². The number of aliphatic hydroxyl groups excluding tert-OH is 1. The maximum atomic E-state index is 13.0. The number of carboxylic acid groups (broad SMARTS) is 1. The van der Waals surface area contributed by atoms with Crippen LogP contribution in [0.2, 0.25) is 0 Å². The largest absolute Gasteiger partial charge is 0.478 e. The number of aryl methyl sites for hydroxylation is 1.